The maximum atomic E-state index is 12.0. The van der Waals surface area contributed by atoms with Gasteiger partial charge in [-0.15, -0.1) is 0 Å². The predicted octanol–water partition coefficient (Wildman–Crippen LogP) is 2.11. The van der Waals surface area contributed by atoms with E-state index in [9.17, 15) is 14.9 Å². The minimum Gasteiger partial charge on any atom is -0.376 e. The summed E-state index contributed by atoms with van der Waals surface area (Å²) in [7, 11) is 0. The third-order valence-corrected chi connectivity index (χ3v) is 3.62. The lowest BCUT2D eigenvalue weighted by atomic mass is 10.1. The summed E-state index contributed by atoms with van der Waals surface area (Å²) in [4.78, 5) is 22.5. The molecule has 120 valence electrons. The molecule has 1 atom stereocenters. The molecule has 7 heteroatoms. The largest absolute Gasteiger partial charge is 0.376 e. The number of carbonyl (C=O) groups is 1. The fourth-order valence-electron chi connectivity index (χ4n) is 2.34. The highest BCUT2D eigenvalue weighted by atomic mass is 16.6. The van der Waals surface area contributed by atoms with Crippen molar-refractivity contribution in [2.45, 2.75) is 25.9 Å². The SMILES string of the molecule is Cc1ccc(/C=C(\C#N)C(=O)NC[C@@H]2CCCO2)cc1[N+](=O)[O-]. The van der Waals surface area contributed by atoms with E-state index in [-0.39, 0.29) is 17.4 Å². The smallest absolute Gasteiger partial charge is 0.272 e. The second kappa shape index (κ2) is 7.51. The standard InChI is InChI=1S/C16H17N3O4/c1-11-4-5-12(8-15(11)19(21)22)7-13(9-17)16(20)18-10-14-3-2-6-23-14/h4-5,7-8,14H,2-3,6,10H2,1H3,(H,18,20)/b13-7+/t14-/m0/s1. The molecule has 1 fully saturated rings. The van der Waals surface area contributed by atoms with Crippen molar-refractivity contribution in [3.63, 3.8) is 0 Å². The number of nitrogens with zero attached hydrogens (tertiary/aromatic N) is 2. The molecular weight excluding hydrogens is 298 g/mol. The first-order valence-electron chi connectivity index (χ1n) is 7.28. The maximum Gasteiger partial charge on any atom is 0.272 e. The second-order valence-electron chi connectivity index (χ2n) is 5.32. The molecule has 1 aliphatic rings. The first-order valence-corrected chi connectivity index (χ1v) is 7.28. The molecule has 2 rings (SSSR count). The highest BCUT2D eigenvalue weighted by Crippen LogP contribution is 2.21. The zero-order chi connectivity index (χ0) is 16.8. The van der Waals surface area contributed by atoms with E-state index in [0.717, 1.165) is 12.8 Å². The third-order valence-electron chi connectivity index (χ3n) is 3.62. The van der Waals surface area contributed by atoms with Crippen LogP contribution in [0.3, 0.4) is 0 Å². The van der Waals surface area contributed by atoms with Crippen LogP contribution in [0.1, 0.15) is 24.0 Å². The molecule has 1 heterocycles. The molecule has 0 saturated carbocycles. The maximum absolute atomic E-state index is 12.0. The van der Waals surface area contributed by atoms with Gasteiger partial charge in [-0.3, -0.25) is 14.9 Å². The van der Waals surface area contributed by atoms with Crippen LogP contribution in [-0.4, -0.2) is 30.1 Å². The number of hydrogen-bond donors (Lipinski definition) is 1. The van der Waals surface area contributed by atoms with Gasteiger partial charge in [0.25, 0.3) is 11.6 Å². The van der Waals surface area contributed by atoms with E-state index in [1.54, 1.807) is 19.1 Å². The van der Waals surface area contributed by atoms with Crippen LogP contribution in [0.15, 0.2) is 23.8 Å². The van der Waals surface area contributed by atoms with Crippen molar-refractivity contribution in [1.82, 2.24) is 5.32 Å². The van der Waals surface area contributed by atoms with Gasteiger partial charge in [0.2, 0.25) is 0 Å². The van der Waals surface area contributed by atoms with Crippen LogP contribution in [0.25, 0.3) is 6.08 Å². The molecule has 1 N–H and O–H groups in total. The van der Waals surface area contributed by atoms with Crippen molar-refractivity contribution < 1.29 is 14.5 Å². The average molecular weight is 315 g/mol. The third kappa shape index (κ3) is 4.37. The molecule has 7 nitrogen and oxygen atoms in total. The lowest BCUT2D eigenvalue weighted by molar-refractivity contribution is -0.385. The van der Waals surface area contributed by atoms with Crippen LogP contribution < -0.4 is 5.32 Å². The van der Waals surface area contributed by atoms with Gasteiger partial charge in [0, 0.05) is 24.8 Å². The summed E-state index contributed by atoms with van der Waals surface area (Å²) >= 11 is 0. The topological polar surface area (TPSA) is 105 Å². The number of nitriles is 1. The van der Waals surface area contributed by atoms with Gasteiger partial charge < -0.3 is 10.1 Å². The molecule has 0 spiro atoms. The van der Waals surface area contributed by atoms with Gasteiger partial charge in [-0.1, -0.05) is 12.1 Å². The quantitative estimate of drug-likeness (QED) is 0.388. The molecule has 0 unspecified atom stereocenters. The number of aryl methyl sites for hydroxylation is 1. The number of nitro groups is 1. The van der Waals surface area contributed by atoms with Crippen LogP contribution in [-0.2, 0) is 9.53 Å². The first kappa shape index (κ1) is 16.6. The van der Waals surface area contributed by atoms with E-state index < -0.39 is 10.8 Å². The van der Waals surface area contributed by atoms with Gasteiger partial charge in [-0.25, -0.2) is 0 Å². The van der Waals surface area contributed by atoms with E-state index in [0.29, 0.717) is 24.3 Å². The number of carbonyl (C=O) groups excluding carboxylic acids is 1. The van der Waals surface area contributed by atoms with Crippen LogP contribution in [0, 0.1) is 28.4 Å². The summed E-state index contributed by atoms with van der Waals surface area (Å²) in [5.41, 5.74) is 0.816. The van der Waals surface area contributed by atoms with Crippen molar-refractivity contribution >= 4 is 17.7 Å². The zero-order valence-electron chi connectivity index (χ0n) is 12.7. The lowest BCUT2D eigenvalue weighted by Gasteiger charge is -2.10. The first-order chi connectivity index (χ1) is 11.0. The second-order valence-corrected chi connectivity index (χ2v) is 5.32. The summed E-state index contributed by atoms with van der Waals surface area (Å²) in [5, 5.41) is 22.7. The monoisotopic (exact) mass is 315 g/mol. The van der Waals surface area contributed by atoms with E-state index in [1.165, 1.54) is 12.1 Å². The number of ether oxygens (including phenoxy) is 1. The predicted molar refractivity (Wildman–Crippen MR) is 83.4 cm³/mol. The minimum atomic E-state index is -0.508. The van der Waals surface area contributed by atoms with Crippen LogP contribution in [0.2, 0.25) is 0 Å². The van der Waals surface area contributed by atoms with Gasteiger partial charge in [-0.05, 0) is 31.4 Å². The Morgan fingerprint density at radius 3 is 3.00 bits per heavy atom. The van der Waals surface area contributed by atoms with Gasteiger partial charge in [-0.2, -0.15) is 5.26 Å². The highest BCUT2D eigenvalue weighted by Gasteiger charge is 2.18. The number of rotatable bonds is 5. The lowest BCUT2D eigenvalue weighted by Crippen LogP contribution is -2.32. The van der Waals surface area contributed by atoms with E-state index in [1.807, 2.05) is 6.07 Å². The van der Waals surface area contributed by atoms with Gasteiger partial charge in [0.15, 0.2) is 0 Å². The Balaban J connectivity index is 2.11. The Morgan fingerprint density at radius 1 is 1.61 bits per heavy atom. The van der Waals surface area contributed by atoms with Crippen molar-refractivity contribution in [2.75, 3.05) is 13.2 Å². The van der Waals surface area contributed by atoms with E-state index in [4.69, 9.17) is 10.00 Å². The van der Waals surface area contributed by atoms with E-state index in [2.05, 4.69) is 5.32 Å². The van der Waals surface area contributed by atoms with E-state index >= 15 is 0 Å². The van der Waals surface area contributed by atoms with Gasteiger partial charge in [0.05, 0.1) is 11.0 Å². The number of nitro benzene ring substituents is 1. The summed E-state index contributed by atoms with van der Waals surface area (Å²) in [6.45, 7) is 2.67. The summed E-state index contributed by atoms with van der Waals surface area (Å²) in [6.07, 6.45) is 3.18. The van der Waals surface area contributed by atoms with Crippen LogP contribution in [0.5, 0.6) is 0 Å². The zero-order valence-corrected chi connectivity index (χ0v) is 12.7. The van der Waals surface area contributed by atoms with Crippen molar-refractivity contribution in [3.05, 3.63) is 45.0 Å². The molecule has 23 heavy (non-hydrogen) atoms. The Hall–Kier alpha value is -2.72. The fraction of sp³-hybridized carbons (Fsp3) is 0.375. The molecule has 0 aromatic heterocycles. The number of hydrogen-bond acceptors (Lipinski definition) is 5. The van der Waals surface area contributed by atoms with Crippen LogP contribution >= 0.6 is 0 Å². The molecule has 1 saturated heterocycles. The summed E-state index contributed by atoms with van der Waals surface area (Å²) in [5.74, 6) is -0.508. The minimum absolute atomic E-state index is 0.0145. The Bertz CT molecular complexity index is 685. The fourth-order valence-corrected chi connectivity index (χ4v) is 2.34. The molecule has 0 bridgehead atoms. The highest BCUT2D eigenvalue weighted by molar-refractivity contribution is 6.01. The Morgan fingerprint density at radius 2 is 2.39 bits per heavy atom. The number of amides is 1. The molecule has 1 aliphatic heterocycles. The number of benzene rings is 1. The Labute approximate surface area is 133 Å². The van der Waals surface area contributed by atoms with Gasteiger partial charge >= 0.3 is 0 Å². The summed E-state index contributed by atoms with van der Waals surface area (Å²) < 4.78 is 5.40. The normalized spacial score (nSPS) is 17.6. The molecule has 0 aliphatic carbocycles. The van der Waals surface area contributed by atoms with Crippen LogP contribution in [0.4, 0.5) is 5.69 Å². The molecule has 0 radical (unpaired) electrons. The van der Waals surface area contributed by atoms with Crippen molar-refractivity contribution in [1.29, 1.82) is 5.26 Å². The van der Waals surface area contributed by atoms with Gasteiger partial charge in [0.1, 0.15) is 11.6 Å². The summed E-state index contributed by atoms with van der Waals surface area (Å²) in [6, 6.07) is 6.39. The number of nitrogens with one attached hydrogen (secondary N) is 1. The molecular formula is C16H17N3O4. The Kier molecular flexibility index (Phi) is 5.44. The molecule has 1 aromatic carbocycles. The molecule has 1 amide bonds. The average Bonchev–Trinajstić information content (AvgIpc) is 3.04. The van der Waals surface area contributed by atoms with Crippen molar-refractivity contribution in [3.8, 4) is 6.07 Å². The van der Waals surface area contributed by atoms with Crippen molar-refractivity contribution in [2.24, 2.45) is 0 Å². The molecule has 1 aromatic rings.